The number of nitrogens with one attached hydrogen (secondary N) is 1. The summed E-state index contributed by atoms with van der Waals surface area (Å²) in [4.78, 5) is 18.0. The number of hydrogen-bond donors (Lipinski definition) is 1. The van der Waals surface area contributed by atoms with Gasteiger partial charge in [-0.2, -0.15) is 0 Å². The Kier molecular flexibility index (Phi) is 9.19. The molecule has 0 aliphatic carbocycles. The third-order valence-corrected chi connectivity index (χ3v) is 9.25. The molecule has 6 aromatic rings. The molecule has 0 aliphatic heterocycles. The zero-order chi connectivity index (χ0) is 29.6. The molecule has 4 aromatic carbocycles. The molecule has 0 spiro atoms. The van der Waals surface area contributed by atoms with Gasteiger partial charge in [0, 0.05) is 16.0 Å². The van der Waals surface area contributed by atoms with Crippen molar-refractivity contribution in [3.05, 3.63) is 146 Å². The summed E-state index contributed by atoms with van der Waals surface area (Å²) >= 11 is 15.8. The van der Waals surface area contributed by atoms with Gasteiger partial charge in [-0.25, -0.2) is 4.98 Å². The van der Waals surface area contributed by atoms with Crippen LogP contribution in [0.1, 0.15) is 32.7 Å². The summed E-state index contributed by atoms with van der Waals surface area (Å²) in [7, 11) is 0. The molecule has 0 fully saturated rings. The molecule has 6 nitrogen and oxygen atoms in total. The van der Waals surface area contributed by atoms with E-state index in [9.17, 15) is 4.79 Å². The smallest absolute Gasteiger partial charge is 0.271 e. The SMILES string of the molecule is O=C(NC(Cc1ccccc1)c1ccccc1)c1csc(CSc2nnc(-c3ccccc3Cl)n2-c2cccc(Cl)c2)n1. The van der Waals surface area contributed by atoms with E-state index in [0.29, 0.717) is 38.9 Å². The standard InChI is InChI=1S/C33H25Cl2N5OS2/c34-24-14-9-15-25(19-24)40-31(26-16-7-8-17-27(26)35)38-39-33(40)43-21-30-36-29(20-42-30)32(41)37-28(23-12-5-2-6-13-23)18-22-10-3-1-4-11-22/h1-17,19-20,28H,18,21H2,(H,37,41). The van der Waals surface area contributed by atoms with E-state index in [1.54, 1.807) is 5.38 Å². The van der Waals surface area contributed by atoms with Gasteiger partial charge in [-0.1, -0.05) is 114 Å². The van der Waals surface area contributed by atoms with Crippen molar-refractivity contribution in [1.29, 1.82) is 0 Å². The second-order valence-corrected chi connectivity index (χ2v) is 12.4. The summed E-state index contributed by atoms with van der Waals surface area (Å²) in [6.45, 7) is 0. The van der Waals surface area contributed by atoms with Crippen LogP contribution in [0.15, 0.2) is 120 Å². The molecule has 1 unspecified atom stereocenters. The van der Waals surface area contributed by atoms with Crippen molar-refractivity contribution in [3.63, 3.8) is 0 Å². The third kappa shape index (κ3) is 7.00. The van der Waals surface area contributed by atoms with Crippen molar-refractivity contribution in [2.24, 2.45) is 0 Å². The fourth-order valence-corrected chi connectivity index (χ4v) is 6.80. The van der Waals surface area contributed by atoms with Crippen molar-refractivity contribution in [1.82, 2.24) is 25.1 Å². The maximum absolute atomic E-state index is 13.3. The fourth-order valence-electron chi connectivity index (χ4n) is 4.66. The lowest BCUT2D eigenvalue weighted by atomic mass is 9.99. The van der Waals surface area contributed by atoms with Gasteiger partial charge < -0.3 is 5.32 Å². The number of nitrogens with zero attached hydrogens (tertiary/aromatic N) is 4. The average Bonchev–Trinajstić information content (AvgIpc) is 3.68. The van der Waals surface area contributed by atoms with E-state index in [2.05, 4.69) is 32.6 Å². The predicted molar refractivity (Wildman–Crippen MR) is 175 cm³/mol. The molecular weight excluding hydrogens is 617 g/mol. The zero-order valence-electron chi connectivity index (χ0n) is 22.7. The van der Waals surface area contributed by atoms with Gasteiger partial charge in [-0.3, -0.25) is 9.36 Å². The minimum atomic E-state index is -0.208. The van der Waals surface area contributed by atoms with E-state index >= 15 is 0 Å². The van der Waals surface area contributed by atoms with Crippen molar-refractivity contribution >= 4 is 52.2 Å². The number of benzene rings is 4. The van der Waals surface area contributed by atoms with Gasteiger partial charge in [0.1, 0.15) is 10.7 Å². The fraction of sp³-hybridized carbons (Fsp3) is 0.0909. The molecule has 1 atom stereocenters. The van der Waals surface area contributed by atoms with Crippen molar-refractivity contribution in [3.8, 4) is 17.1 Å². The Morgan fingerprint density at radius 1 is 0.884 bits per heavy atom. The van der Waals surface area contributed by atoms with Gasteiger partial charge in [0.2, 0.25) is 0 Å². The van der Waals surface area contributed by atoms with Crippen molar-refractivity contribution < 1.29 is 4.79 Å². The molecule has 0 saturated heterocycles. The zero-order valence-corrected chi connectivity index (χ0v) is 25.9. The maximum Gasteiger partial charge on any atom is 0.271 e. The second-order valence-electron chi connectivity index (χ2n) is 9.64. The average molecular weight is 643 g/mol. The molecular formula is C33H25Cl2N5OS2. The van der Waals surface area contributed by atoms with E-state index in [1.807, 2.05) is 102 Å². The number of carbonyl (C=O) groups is 1. The van der Waals surface area contributed by atoms with Gasteiger partial charge in [0.15, 0.2) is 11.0 Å². The Morgan fingerprint density at radius 2 is 1.63 bits per heavy atom. The molecule has 1 N–H and O–H groups in total. The van der Waals surface area contributed by atoms with Crippen LogP contribution >= 0.6 is 46.3 Å². The van der Waals surface area contributed by atoms with E-state index in [1.165, 1.54) is 23.1 Å². The Labute approximate surface area is 267 Å². The minimum absolute atomic E-state index is 0.185. The largest absolute Gasteiger partial charge is 0.344 e. The number of amides is 1. The van der Waals surface area contributed by atoms with E-state index in [-0.39, 0.29) is 11.9 Å². The lowest BCUT2D eigenvalue weighted by Gasteiger charge is -2.19. The molecule has 43 heavy (non-hydrogen) atoms. The van der Waals surface area contributed by atoms with Gasteiger partial charge in [0.05, 0.1) is 22.5 Å². The Balaban J connectivity index is 1.21. The highest BCUT2D eigenvalue weighted by Crippen LogP contribution is 2.34. The van der Waals surface area contributed by atoms with Gasteiger partial charge in [0.25, 0.3) is 5.91 Å². The van der Waals surface area contributed by atoms with Crippen molar-refractivity contribution in [2.75, 3.05) is 0 Å². The van der Waals surface area contributed by atoms with Crippen LogP contribution in [0.3, 0.4) is 0 Å². The first kappa shape index (κ1) is 29.1. The molecule has 0 bridgehead atoms. The highest BCUT2D eigenvalue weighted by atomic mass is 35.5. The monoisotopic (exact) mass is 641 g/mol. The van der Waals surface area contributed by atoms with Gasteiger partial charge in [-0.15, -0.1) is 21.5 Å². The van der Waals surface area contributed by atoms with E-state index in [4.69, 9.17) is 23.2 Å². The van der Waals surface area contributed by atoms with E-state index < -0.39 is 0 Å². The number of thiazole rings is 1. The number of rotatable bonds is 10. The Bertz CT molecular complexity index is 1840. The topological polar surface area (TPSA) is 72.7 Å². The van der Waals surface area contributed by atoms with Crippen molar-refractivity contribution in [2.45, 2.75) is 23.4 Å². The van der Waals surface area contributed by atoms with Gasteiger partial charge >= 0.3 is 0 Å². The highest BCUT2D eigenvalue weighted by Gasteiger charge is 2.21. The first-order valence-electron chi connectivity index (χ1n) is 13.5. The molecule has 2 aromatic heterocycles. The number of aromatic nitrogens is 4. The maximum atomic E-state index is 13.3. The lowest BCUT2D eigenvalue weighted by Crippen LogP contribution is -2.30. The normalized spacial score (nSPS) is 11.8. The molecule has 6 rings (SSSR count). The summed E-state index contributed by atoms with van der Waals surface area (Å²) in [6, 6.07) is 35.0. The van der Waals surface area contributed by atoms with Crippen LogP contribution in [-0.2, 0) is 12.2 Å². The van der Waals surface area contributed by atoms with Crippen LogP contribution in [-0.4, -0.2) is 25.7 Å². The van der Waals surface area contributed by atoms with Crippen LogP contribution < -0.4 is 5.32 Å². The summed E-state index contributed by atoms with van der Waals surface area (Å²) in [5.74, 6) is 0.908. The minimum Gasteiger partial charge on any atom is -0.344 e. The lowest BCUT2D eigenvalue weighted by molar-refractivity contribution is 0.0932. The van der Waals surface area contributed by atoms with Crippen LogP contribution in [0.2, 0.25) is 10.0 Å². The first-order chi connectivity index (χ1) is 21.0. The summed E-state index contributed by atoms with van der Waals surface area (Å²) < 4.78 is 1.94. The Morgan fingerprint density at radius 3 is 2.40 bits per heavy atom. The highest BCUT2D eigenvalue weighted by molar-refractivity contribution is 7.98. The first-order valence-corrected chi connectivity index (χ1v) is 16.1. The van der Waals surface area contributed by atoms with Crippen LogP contribution in [0, 0.1) is 0 Å². The molecule has 214 valence electrons. The predicted octanol–water partition coefficient (Wildman–Crippen LogP) is 8.70. The molecule has 10 heteroatoms. The summed E-state index contributed by atoms with van der Waals surface area (Å²) in [5, 5.41) is 16.6. The number of carbonyl (C=O) groups excluding carboxylic acids is 1. The molecule has 1 amide bonds. The van der Waals surface area contributed by atoms with Crippen LogP contribution in [0.25, 0.3) is 17.1 Å². The molecule has 0 radical (unpaired) electrons. The van der Waals surface area contributed by atoms with Gasteiger partial charge in [-0.05, 0) is 47.9 Å². The number of halogens is 2. The molecule has 0 aliphatic rings. The number of thioether (sulfide) groups is 1. The van der Waals surface area contributed by atoms with Crippen LogP contribution in [0.4, 0.5) is 0 Å². The van der Waals surface area contributed by atoms with Crippen LogP contribution in [0.5, 0.6) is 0 Å². The summed E-state index contributed by atoms with van der Waals surface area (Å²) in [5.41, 5.74) is 4.16. The second kappa shape index (κ2) is 13.6. The van der Waals surface area contributed by atoms with E-state index in [0.717, 1.165) is 27.4 Å². The molecule has 2 heterocycles. The third-order valence-electron chi connectivity index (χ3n) is 6.71. The Hall–Kier alpha value is -3.95. The summed E-state index contributed by atoms with van der Waals surface area (Å²) in [6.07, 6.45) is 0.677. The quantitative estimate of drug-likeness (QED) is 0.151. The molecule has 0 saturated carbocycles. The number of hydrogen-bond acceptors (Lipinski definition) is 6.